The van der Waals surface area contributed by atoms with Gasteiger partial charge in [-0.1, -0.05) is 18.2 Å². The fourth-order valence-electron chi connectivity index (χ4n) is 1.95. The standard InChI is InChI=1S/C12H12F3N3/c1-7-4-3-5-8(2)10(7)18-11(12(13,14)15)9(16)6-17-18/h3-6H,16H2,1-2H3. The Morgan fingerprint density at radius 3 is 2.22 bits per heavy atom. The molecule has 1 heterocycles. The number of aryl methyl sites for hydroxylation is 2. The minimum Gasteiger partial charge on any atom is -0.396 e. The van der Waals surface area contributed by atoms with Crippen LogP contribution in [0.1, 0.15) is 16.8 Å². The number of aromatic nitrogens is 2. The Hall–Kier alpha value is -1.98. The lowest BCUT2D eigenvalue weighted by molar-refractivity contribution is -0.142. The van der Waals surface area contributed by atoms with E-state index in [0.29, 0.717) is 16.8 Å². The Bertz CT molecular complexity index is 564. The highest BCUT2D eigenvalue weighted by Gasteiger charge is 2.38. The zero-order valence-corrected chi connectivity index (χ0v) is 9.92. The van der Waals surface area contributed by atoms with Gasteiger partial charge in [0.05, 0.1) is 17.6 Å². The van der Waals surface area contributed by atoms with Crippen molar-refractivity contribution < 1.29 is 13.2 Å². The molecule has 96 valence electrons. The average molecular weight is 255 g/mol. The Kier molecular flexibility index (Phi) is 2.80. The number of nitrogens with zero attached hydrogens (tertiary/aromatic N) is 2. The molecule has 0 radical (unpaired) electrons. The lowest BCUT2D eigenvalue weighted by Crippen LogP contribution is -2.16. The van der Waals surface area contributed by atoms with E-state index in [9.17, 15) is 13.2 Å². The highest BCUT2D eigenvalue weighted by molar-refractivity contribution is 5.53. The monoisotopic (exact) mass is 255 g/mol. The van der Waals surface area contributed by atoms with Gasteiger partial charge >= 0.3 is 6.18 Å². The van der Waals surface area contributed by atoms with E-state index in [4.69, 9.17) is 5.73 Å². The molecular weight excluding hydrogens is 243 g/mol. The van der Waals surface area contributed by atoms with Crippen molar-refractivity contribution in [3.8, 4) is 5.69 Å². The zero-order chi connectivity index (χ0) is 13.5. The van der Waals surface area contributed by atoms with Gasteiger partial charge < -0.3 is 5.73 Å². The fourth-order valence-corrected chi connectivity index (χ4v) is 1.95. The molecule has 2 rings (SSSR count). The summed E-state index contributed by atoms with van der Waals surface area (Å²) < 4.78 is 39.7. The quantitative estimate of drug-likeness (QED) is 0.851. The third-order valence-corrected chi connectivity index (χ3v) is 2.72. The minimum atomic E-state index is -4.53. The van der Waals surface area contributed by atoms with Gasteiger partial charge in [0.15, 0.2) is 5.69 Å². The molecule has 1 aromatic heterocycles. The third kappa shape index (κ3) is 1.94. The van der Waals surface area contributed by atoms with Crippen LogP contribution in [0, 0.1) is 13.8 Å². The number of nitrogen functional groups attached to an aromatic ring is 1. The van der Waals surface area contributed by atoms with Gasteiger partial charge in [-0.2, -0.15) is 18.3 Å². The van der Waals surface area contributed by atoms with Crippen molar-refractivity contribution in [3.63, 3.8) is 0 Å². The molecule has 0 fully saturated rings. The molecule has 0 aliphatic carbocycles. The summed E-state index contributed by atoms with van der Waals surface area (Å²) in [5.74, 6) is 0. The minimum absolute atomic E-state index is 0.370. The van der Waals surface area contributed by atoms with Crippen LogP contribution >= 0.6 is 0 Å². The first kappa shape index (κ1) is 12.5. The summed E-state index contributed by atoms with van der Waals surface area (Å²) in [5.41, 5.74) is 5.90. The molecule has 0 saturated carbocycles. The van der Waals surface area contributed by atoms with Crippen LogP contribution in [0.5, 0.6) is 0 Å². The lowest BCUT2D eigenvalue weighted by Gasteiger charge is -2.15. The highest BCUT2D eigenvalue weighted by Crippen LogP contribution is 2.35. The number of benzene rings is 1. The van der Waals surface area contributed by atoms with E-state index in [1.807, 2.05) is 0 Å². The second kappa shape index (κ2) is 4.04. The molecule has 2 N–H and O–H groups in total. The topological polar surface area (TPSA) is 43.8 Å². The van der Waals surface area contributed by atoms with Crippen molar-refractivity contribution >= 4 is 5.69 Å². The normalized spacial score (nSPS) is 11.8. The molecule has 0 saturated heterocycles. The van der Waals surface area contributed by atoms with Crippen LogP contribution in [0.4, 0.5) is 18.9 Å². The summed E-state index contributed by atoms with van der Waals surface area (Å²) in [7, 11) is 0. The first-order chi connectivity index (χ1) is 8.32. The Morgan fingerprint density at radius 1 is 1.17 bits per heavy atom. The molecule has 0 bridgehead atoms. The number of halogens is 3. The Labute approximate surface area is 102 Å². The molecule has 1 aromatic carbocycles. The van der Waals surface area contributed by atoms with Crippen LogP contribution in [-0.2, 0) is 6.18 Å². The number of hydrogen-bond acceptors (Lipinski definition) is 2. The molecule has 3 nitrogen and oxygen atoms in total. The molecule has 2 aromatic rings. The fraction of sp³-hybridized carbons (Fsp3) is 0.250. The first-order valence-electron chi connectivity index (χ1n) is 5.29. The van der Waals surface area contributed by atoms with Gasteiger partial charge in [-0.05, 0) is 25.0 Å². The van der Waals surface area contributed by atoms with Crippen molar-refractivity contribution in [1.29, 1.82) is 0 Å². The molecule has 6 heteroatoms. The number of anilines is 1. The molecule has 0 atom stereocenters. The van der Waals surface area contributed by atoms with Gasteiger partial charge in [0.25, 0.3) is 0 Å². The largest absolute Gasteiger partial charge is 0.435 e. The molecule has 0 aliphatic heterocycles. The van der Waals surface area contributed by atoms with Crippen molar-refractivity contribution in [2.24, 2.45) is 0 Å². The second-order valence-corrected chi connectivity index (χ2v) is 4.10. The third-order valence-electron chi connectivity index (χ3n) is 2.72. The summed E-state index contributed by atoms with van der Waals surface area (Å²) in [4.78, 5) is 0. The van der Waals surface area contributed by atoms with Gasteiger partial charge in [-0.15, -0.1) is 0 Å². The smallest absolute Gasteiger partial charge is 0.396 e. The SMILES string of the molecule is Cc1cccc(C)c1-n1ncc(N)c1C(F)(F)F. The van der Waals surface area contributed by atoms with Crippen LogP contribution in [0.3, 0.4) is 0 Å². The van der Waals surface area contributed by atoms with Crippen molar-refractivity contribution in [3.05, 3.63) is 41.2 Å². The van der Waals surface area contributed by atoms with E-state index in [-0.39, 0.29) is 5.69 Å². The first-order valence-corrected chi connectivity index (χ1v) is 5.29. The summed E-state index contributed by atoms with van der Waals surface area (Å²) in [6.07, 6.45) is -3.51. The van der Waals surface area contributed by atoms with Crippen LogP contribution in [0.25, 0.3) is 5.69 Å². The van der Waals surface area contributed by atoms with Crippen LogP contribution in [0.2, 0.25) is 0 Å². The van der Waals surface area contributed by atoms with E-state index >= 15 is 0 Å². The number of rotatable bonds is 1. The zero-order valence-electron chi connectivity index (χ0n) is 9.92. The molecule has 0 unspecified atom stereocenters. The molecule has 0 aliphatic rings. The summed E-state index contributed by atoms with van der Waals surface area (Å²) >= 11 is 0. The van der Waals surface area contributed by atoms with E-state index in [1.165, 1.54) is 0 Å². The van der Waals surface area contributed by atoms with Crippen molar-refractivity contribution in [1.82, 2.24) is 9.78 Å². The summed E-state index contributed by atoms with van der Waals surface area (Å²) in [5, 5.41) is 3.75. The Morgan fingerprint density at radius 2 is 1.72 bits per heavy atom. The predicted molar refractivity (Wildman–Crippen MR) is 62.5 cm³/mol. The lowest BCUT2D eigenvalue weighted by atomic mass is 10.1. The maximum absolute atomic E-state index is 13.0. The maximum atomic E-state index is 13.0. The van der Waals surface area contributed by atoms with Gasteiger partial charge in [0.1, 0.15) is 0 Å². The second-order valence-electron chi connectivity index (χ2n) is 4.10. The predicted octanol–water partition coefficient (Wildman–Crippen LogP) is 3.09. The van der Waals surface area contributed by atoms with Crippen LogP contribution in [-0.4, -0.2) is 9.78 Å². The van der Waals surface area contributed by atoms with Crippen molar-refractivity contribution in [2.75, 3.05) is 5.73 Å². The van der Waals surface area contributed by atoms with Gasteiger partial charge in [-0.25, -0.2) is 4.68 Å². The van der Waals surface area contributed by atoms with E-state index in [2.05, 4.69) is 5.10 Å². The van der Waals surface area contributed by atoms with Crippen LogP contribution in [0.15, 0.2) is 24.4 Å². The van der Waals surface area contributed by atoms with Gasteiger partial charge in [0.2, 0.25) is 0 Å². The van der Waals surface area contributed by atoms with Crippen molar-refractivity contribution in [2.45, 2.75) is 20.0 Å². The summed E-state index contributed by atoms with van der Waals surface area (Å²) in [6, 6.07) is 5.26. The molecule has 0 spiro atoms. The van der Waals surface area contributed by atoms with E-state index in [0.717, 1.165) is 10.9 Å². The maximum Gasteiger partial charge on any atom is 0.435 e. The number of para-hydroxylation sites is 1. The highest BCUT2D eigenvalue weighted by atomic mass is 19.4. The van der Waals surface area contributed by atoms with E-state index < -0.39 is 11.9 Å². The molecular formula is C12H12F3N3. The molecule has 0 amide bonds. The number of nitrogens with two attached hydrogens (primary N) is 1. The van der Waals surface area contributed by atoms with Gasteiger partial charge in [0, 0.05) is 0 Å². The summed E-state index contributed by atoms with van der Waals surface area (Å²) in [6.45, 7) is 3.47. The molecule has 18 heavy (non-hydrogen) atoms. The average Bonchev–Trinajstić information content (AvgIpc) is 2.59. The Balaban J connectivity index is 2.74. The van der Waals surface area contributed by atoms with Crippen LogP contribution < -0.4 is 5.73 Å². The van der Waals surface area contributed by atoms with Gasteiger partial charge in [-0.3, -0.25) is 0 Å². The van der Waals surface area contributed by atoms with E-state index in [1.54, 1.807) is 32.0 Å². The number of hydrogen-bond donors (Lipinski definition) is 1. The number of alkyl halides is 3.